The average molecular weight is 407 g/mol. The predicted octanol–water partition coefficient (Wildman–Crippen LogP) is 3.32. The van der Waals surface area contributed by atoms with Crippen molar-refractivity contribution in [1.82, 2.24) is 5.43 Å². The van der Waals surface area contributed by atoms with E-state index in [4.69, 9.17) is 13.9 Å². The van der Waals surface area contributed by atoms with Crippen LogP contribution in [0.15, 0.2) is 64.1 Å². The summed E-state index contributed by atoms with van der Waals surface area (Å²) in [6, 6.07) is 14.8. The van der Waals surface area contributed by atoms with Gasteiger partial charge in [-0.1, -0.05) is 18.2 Å². The van der Waals surface area contributed by atoms with E-state index in [0.29, 0.717) is 41.8 Å². The normalized spacial score (nSPS) is 12.7. The molecule has 9 nitrogen and oxygen atoms in total. The molecular formula is C21H17N3O6. The van der Waals surface area contributed by atoms with Crippen LogP contribution in [0.4, 0.5) is 5.69 Å². The highest BCUT2D eigenvalue weighted by Gasteiger charge is 2.17. The van der Waals surface area contributed by atoms with Crippen LogP contribution in [-0.4, -0.2) is 30.3 Å². The first-order valence-electron chi connectivity index (χ1n) is 9.14. The number of furan rings is 1. The molecule has 1 aliphatic heterocycles. The number of rotatable bonds is 6. The van der Waals surface area contributed by atoms with Crippen LogP contribution in [0.3, 0.4) is 0 Å². The van der Waals surface area contributed by atoms with E-state index in [9.17, 15) is 14.9 Å². The molecule has 0 saturated carbocycles. The molecule has 2 heterocycles. The van der Waals surface area contributed by atoms with Crippen LogP contribution in [0, 0.1) is 10.1 Å². The van der Waals surface area contributed by atoms with E-state index in [1.54, 1.807) is 48.5 Å². The van der Waals surface area contributed by atoms with Gasteiger partial charge in [-0.15, -0.1) is 0 Å². The maximum absolute atomic E-state index is 12.1. The highest BCUT2D eigenvalue weighted by Crippen LogP contribution is 2.31. The Labute approximate surface area is 171 Å². The van der Waals surface area contributed by atoms with E-state index < -0.39 is 4.92 Å². The van der Waals surface area contributed by atoms with Gasteiger partial charge in [0.1, 0.15) is 24.7 Å². The van der Waals surface area contributed by atoms with Crippen molar-refractivity contribution in [2.75, 3.05) is 13.2 Å². The van der Waals surface area contributed by atoms with E-state index in [1.165, 1.54) is 12.3 Å². The molecule has 0 saturated heterocycles. The van der Waals surface area contributed by atoms with Gasteiger partial charge in [-0.2, -0.15) is 5.10 Å². The second-order valence-corrected chi connectivity index (χ2v) is 6.42. The third-order valence-electron chi connectivity index (χ3n) is 4.35. The van der Waals surface area contributed by atoms with Gasteiger partial charge in [-0.25, -0.2) is 5.43 Å². The van der Waals surface area contributed by atoms with E-state index in [0.717, 1.165) is 5.56 Å². The summed E-state index contributed by atoms with van der Waals surface area (Å²) in [4.78, 5) is 22.8. The molecule has 1 amide bonds. The molecule has 0 bridgehead atoms. The molecule has 0 spiro atoms. The first kappa shape index (κ1) is 19.2. The van der Waals surface area contributed by atoms with Gasteiger partial charge in [0.2, 0.25) is 5.91 Å². The number of nitrogens with zero attached hydrogens (tertiary/aromatic N) is 2. The van der Waals surface area contributed by atoms with Crippen LogP contribution >= 0.6 is 0 Å². The Kier molecular flexibility index (Phi) is 5.42. The van der Waals surface area contributed by atoms with Gasteiger partial charge in [-0.3, -0.25) is 14.9 Å². The second-order valence-electron chi connectivity index (χ2n) is 6.42. The van der Waals surface area contributed by atoms with E-state index >= 15 is 0 Å². The highest BCUT2D eigenvalue weighted by molar-refractivity contribution is 5.82. The van der Waals surface area contributed by atoms with Gasteiger partial charge in [-0.05, 0) is 35.9 Å². The number of hydrogen-bond donors (Lipinski definition) is 1. The molecule has 0 fully saturated rings. The third kappa shape index (κ3) is 4.30. The summed E-state index contributed by atoms with van der Waals surface area (Å²) in [5.41, 5.74) is 3.51. The fourth-order valence-electron chi connectivity index (χ4n) is 3.00. The number of nitro benzene ring substituents is 1. The van der Waals surface area contributed by atoms with Gasteiger partial charge < -0.3 is 13.9 Å². The van der Waals surface area contributed by atoms with Gasteiger partial charge >= 0.3 is 0 Å². The molecule has 4 rings (SSSR count). The summed E-state index contributed by atoms with van der Waals surface area (Å²) in [6.45, 7) is 0.984. The van der Waals surface area contributed by atoms with Crippen molar-refractivity contribution in [2.45, 2.75) is 6.42 Å². The van der Waals surface area contributed by atoms with Crippen molar-refractivity contribution < 1.29 is 23.6 Å². The number of benzene rings is 2. The SMILES string of the molecule is O=C(Cc1ccc2c(c1)OCCO2)N/N=C\c1ccc(-c2ccccc2[N+](=O)[O-])o1. The van der Waals surface area contributed by atoms with Gasteiger partial charge in [0.15, 0.2) is 11.5 Å². The van der Waals surface area contributed by atoms with Gasteiger partial charge in [0.25, 0.3) is 5.69 Å². The largest absolute Gasteiger partial charge is 0.486 e. The van der Waals surface area contributed by atoms with Crippen molar-refractivity contribution in [3.8, 4) is 22.8 Å². The van der Waals surface area contributed by atoms with Crippen LogP contribution in [0.2, 0.25) is 0 Å². The molecular weight excluding hydrogens is 390 g/mol. The Morgan fingerprint density at radius 3 is 2.73 bits per heavy atom. The predicted molar refractivity (Wildman–Crippen MR) is 108 cm³/mol. The zero-order valence-corrected chi connectivity index (χ0v) is 15.7. The summed E-state index contributed by atoms with van der Waals surface area (Å²) in [5.74, 6) is 1.66. The quantitative estimate of drug-likeness (QED) is 0.381. The Morgan fingerprint density at radius 1 is 1.10 bits per heavy atom. The summed E-state index contributed by atoms with van der Waals surface area (Å²) < 4.78 is 16.5. The molecule has 3 aromatic rings. The lowest BCUT2D eigenvalue weighted by molar-refractivity contribution is -0.384. The first-order chi connectivity index (χ1) is 14.6. The highest BCUT2D eigenvalue weighted by atomic mass is 16.6. The monoisotopic (exact) mass is 407 g/mol. The molecule has 0 unspecified atom stereocenters. The van der Waals surface area contributed by atoms with Crippen molar-refractivity contribution in [2.24, 2.45) is 5.10 Å². The number of nitrogens with one attached hydrogen (secondary N) is 1. The van der Waals surface area contributed by atoms with Crippen LogP contribution in [0.5, 0.6) is 11.5 Å². The number of amides is 1. The molecule has 152 valence electrons. The summed E-state index contributed by atoms with van der Waals surface area (Å²) in [7, 11) is 0. The topological polar surface area (TPSA) is 116 Å². The smallest absolute Gasteiger partial charge is 0.280 e. The van der Waals surface area contributed by atoms with E-state index in [2.05, 4.69) is 10.5 Å². The lowest BCUT2D eigenvalue weighted by Gasteiger charge is -2.18. The van der Waals surface area contributed by atoms with Crippen LogP contribution < -0.4 is 14.9 Å². The zero-order chi connectivity index (χ0) is 20.9. The maximum atomic E-state index is 12.1. The third-order valence-corrected chi connectivity index (χ3v) is 4.35. The van der Waals surface area contributed by atoms with E-state index in [-0.39, 0.29) is 18.0 Å². The minimum atomic E-state index is -0.469. The number of carbonyl (C=O) groups is 1. The molecule has 1 aliphatic rings. The van der Waals surface area contributed by atoms with Gasteiger partial charge in [0, 0.05) is 6.07 Å². The Morgan fingerprint density at radius 2 is 1.90 bits per heavy atom. The van der Waals surface area contributed by atoms with Crippen LogP contribution in [0.1, 0.15) is 11.3 Å². The standard InChI is InChI=1S/C21H17N3O6/c25-21(12-14-5-7-19-20(11-14)29-10-9-28-19)23-22-13-15-6-8-18(30-15)16-3-1-2-4-17(16)24(26)27/h1-8,11,13H,9-10,12H2,(H,23,25)/b22-13-. The molecule has 1 aromatic heterocycles. The number of para-hydroxylation sites is 1. The lowest BCUT2D eigenvalue weighted by Crippen LogP contribution is -2.20. The van der Waals surface area contributed by atoms with Crippen LogP contribution in [0.25, 0.3) is 11.3 Å². The number of fused-ring (bicyclic) bond motifs is 1. The van der Waals surface area contributed by atoms with Crippen molar-refractivity contribution in [3.63, 3.8) is 0 Å². The fourth-order valence-corrected chi connectivity index (χ4v) is 3.00. The molecule has 0 atom stereocenters. The molecule has 2 aromatic carbocycles. The average Bonchev–Trinajstić information content (AvgIpc) is 3.22. The Bertz CT molecular complexity index is 1120. The number of ether oxygens (including phenoxy) is 2. The summed E-state index contributed by atoms with van der Waals surface area (Å²) in [6.07, 6.45) is 1.45. The summed E-state index contributed by atoms with van der Waals surface area (Å²) >= 11 is 0. The Hall–Kier alpha value is -4.14. The minimum absolute atomic E-state index is 0.0527. The second kappa shape index (κ2) is 8.48. The number of hydrazone groups is 1. The number of nitro groups is 1. The molecule has 0 radical (unpaired) electrons. The molecule has 0 aliphatic carbocycles. The Balaban J connectivity index is 1.37. The number of carbonyl (C=O) groups excluding carboxylic acids is 1. The summed E-state index contributed by atoms with van der Waals surface area (Å²) in [5, 5.41) is 15.0. The van der Waals surface area contributed by atoms with Crippen molar-refractivity contribution in [1.29, 1.82) is 0 Å². The minimum Gasteiger partial charge on any atom is -0.486 e. The van der Waals surface area contributed by atoms with Crippen molar-refractivity contribution >= 4 is 17.8 Å². The zero-order valence-electron chi connectivity index (χ0n) is 15.7. The molecule has 30 heavy (non-hydrogen) atoms. The molecule has 9 heteroatoms. The number of hydrogen-bond acceptors (Lipinski definition) is 7. The lowest BCUT2D eigenvalue weighted by atomic mass is 10.1. The maximum Gasteiger partial charge on any atom is 0.280 e. The molecule has 1 N–H and O–H groups in total. The van der Waals surface area contributed by atoms with Gasteiger partial charge in [0.05, 0.1) is 23.1 Å². The van der Waals surface area contributed by atoms with Crippen LogP contribution in [-0.2, 0) is 11.2 Å². The first-order valence-corrected chi connectivity index (χ1v) is 9.14. The van der Waals surface area contributed by atoms with Crippen molar-refractivity contribution in [3.05, 3.63) is 76.0 Å². The van der Waals surface area contributed by atoms with E-state index in [1.807, 2.05) is 0 Å². The fraction of sp³-hybridized carbons (Fsp3) is 0.143.